The molecule has 0 atom stereocenters. The molecule has 4 rings (SSSR count). The Morgan fingerprint density at radius 3 is 2.31 bits per heavy atom. The van der Waals surface area contributed by atoms with Gasteiger partial charge in [0.2, 0.25) is 0 Å². The van der Waals surface area contributed by atoms with Gasteiger partial charge in [-0.1, -0.05) is 60.4 Å². The third kappa shape index (κ3) is 4.47. The summed E-state index contributed by atoms with van der Waals surface area (Å²) in [6.45, 7) is 0.510. The number of hydrogen-bond acceptors (Lipinski definition) is 3. The second-order valence-corrected chi connectivity index (χ2v) is 7.30. The molecule has 0 aromatic heterocycles. The van der Waals surface area contributed by atoms with E-state index in [1.54, 1.807) is 0 Å². The molecule has 0 aliphatic heterocycles. The van der Waals surface area contributed by atoms with E-state index < -0.39 is 23.4 Å². The molecular formula is C26H20FNO4. The van der Waals surface area contributed by atoms with Crippen LogP contribution in [0.2, 0.25) is 0 Å². The number of halogens is 1. The standard InChI is InChI=1S/C26H20FNO4/c27-24-13-12-17(15-22(24)25(29)30)7-5-6-14-28-26(31)32-16-23-20-10-3-1-8-18(20)19-9-2-4-11-21(19)23/h1-4,8-13,15,23H,6,14,16H2,(H,28,31)(H,29,30). The van der Waals surface area contributed by atoms with Gasteiger partial charge in [-0.05, 0) is 40.5 Å². The van der Waals surface area contributed by atoms with E-state index in [2.05, 4.69) is 41.4 Å². The minimum absolute atomic E-state index is 0.00477. The quantitative estimate of drug-likeness (QED) is 0.451. The molecule has 3 aromatic rings. The van der Waals surface area contributed by atoms with Crippen molar-refractivity contribution in [3.63, 3.8) is 0 Å². The van der Waals surface area contributed by atoms with Gasteiger partial charge >= 0.3 is 12.1 Å². The average Bonchev–Trinajstić information content (AvgIpc) is 3.12. The van der Waals surface area contributed by atoms with Crippen molar-refractivity contribution in [2.24, 2.45) is 0 Å². The number of nitrogens with one attached hydrogen (secondary N) is 1. The van der Waals surface area contributed by atoms with E-state index in [9.17, 15) is 14.0 Å². The third-order valence-corrected chi connectivity index (χ3v) is 5.29. The zero-order valence-corrected chi connectivity index (χ0v) is 17.1. The lowest BCUT2D eigenvalue weighted by Gasteiger charge is -2.14. The number of benzene rings is 3. The van der Waals surface area contributed by atoms with Gasteiger partial charge in [-0.2, -0.15) is 0 Å². The number of amides is 1. The SMILES string of the molecule is O=C(NCCC#Cc1ccc(F)c(C(=O)O)c1)OCC1c2ccccc2-c2ccccc21. The highest BCUT2D eigenvalue weighted by atomic mass is 19.1. The fourth-order valence-electron chi connectivity index (χ4n) is 3.81. The van der Waals surface area contributed by atoms with Gasteiger partial charge in [0.05, 0.1) is 5.56 Å². The van der Waals surface area contributed by atoms with E-state index in [1.807, 2.05) is 24.3 Å². The molecule has 0 heterocycles. The van der Waals surface area contributed by atoms with Crippen molar-refractivity contribution in [2.75, 3.05) is 13.2 Å². The molecule has 160 valence electrons. The van der Waals surface area contributed by atoms with Gasteiger partial charge in [0.25, 0.3) is 0 Å². The second-order valence-electron chi connectivity index (χ2n) is 7.30. The van der Waals surface area contributed by atoms with E-state index >= 15 is 0 Å². The summed E-state index contributed by atoms with van der Waals surface area (Å²) < 4.78 is 18.9. The third-order valence-electron chi connectivity index (χ3n) is 5.29. The molecule has 0 unspecified atom stereocenters. The summed E-state index contributed by atoms with van der Waals surface area (Å²) in [7, 11) is 0. The fraction of sp³-hybridized carbons (Fsp3) is 0.154. The van der Waals surface area contributed by atoms with E-state index in [4.69, 9.17) is 9.84 Å². The zero-order valence-electron chi connectivity index (χ0n) is 17.1. The van der Waals surface area contributed by atoms with Gasteiger partial charge in [0.15, 0.2) is 0 Å². The summed E-state index contributed by atoms with van der Waals surface area (Å²) in [5.41, 5.74) is 4.59. The van der Waals surface area contributed by atoms with Crippen LogP contribution in [0.3, 0.4) is 0 Å². The number of carboxylic acid groups (broad SMARTS) is 1. The van der Waals surface area contributed by atoms with Crippen LogP contribution in [-0.2, 0) is 4.74 Å². The molecule has 1 aliphatic carbocycles. The largest absolute Gasteiger partial charge is 0.478 e. The van der Waals surface area contributed by atoms with Gasteiger partial charge in [0.1, 0.15) is 12.4 Å². The molecule has 0 spiro atoms. The second kappa shape index (κ2) is 9.36. The molecule has 0 fully saturated rings. The zero-order chi connectivity index (χ0) is 22.5. The van der Waals surface area contributed by atoms with Crippen LogP contribution in [0, 0.1) is 17.7 Å². The summed E-state index contributed by atoms with van der Waals surface area (Å²) in [5, 5.41) is 11.6. The predicted molar refractivity (Wildman–Crippen MR) is 118 cm³/mol. The Labute approximate surface area is 184 Å². The summed E-state index contributed by atoms with van der Waals surface area (Å²) in [4.78, 5) is 23.1. The molecule has 0 radical (unpaired) electrons. The van der Waals surface area contributed by atoms with Gasteiger partial charge < -0.3 is 15.2 Å². The first-order valence-electron chi connectivity index (χ1n) is 10.1. The number of ether oxygens (including phenoxy) is 1. The van der Waals surface area contributed by atoms with Crippen molar-refractivity contribution in [3.8, 4) is 23.0 Å². The van der Waals surface area contributed by atoms with Gasteiger partial charge in [-0.25, -0.2) is 14.0 Å². The lowest BCUT2D eigenvalue weighted by atomic mass is 9.98. The van der Waals surface area contributed by atoms with Crippen molar-refractivity contribution in [1.82, 2.24) is 5.32 Å². The maximum atomic E-state index is 13.4. The van der Waals surface area contributed by atoms with E-state index in [1.165, 1.54) is 23.3 Å². The summed E-state index contributed by atoms with van der Waals surface area (Å²) in [5.74, 6) is 3.44. The highest BCUT2D eigenvalue weighted by Crippen LogP contribution is 2.44. The van der Waals surface area contributed by atoms with E-state index in [0.717, 1.165) is 17.2 Å². The Kier molecular flexibility index (Phi) is 6.18. The minimum atomic E-state index is -1.34. The predicted octanol–water partition coefficient (Wildman–Crippen LogP) is 4.80. The van der Waals surface area contributed by atoms with Crippen LogP contribution >= 0.6 is 0 Å². The lowest BCUT2D eigenvalue weighted by Crippen LogP contribution is -2.26. The number of hydrogen-bond donors (Lipinski definition) is 2. The van der Waals surface area contributed by atoms with Crippen LogP contribution in [-0.4, -0.2) is 30.3 Å². The van der Waals surface area contributed by atoms with E-state index in [0.29, 0.717) is 12.0 Å². The van der Waals surface area contributed by atoms with Crippen molar-refractivity contribution in [2.45, 2.75) is 12.3 Å². The monoisotopic (exact) mass is 429 g/mol. The molecule has 3 aromatic carbocycles. The number of rotatable bonds is 5. The maximum absolute atomic E-state index is 13.4. The van der Waals surface area contributed by atoms with Crippen LogP contribution in [0.15, 0.2) is 66.7 Å². The van der Waals surface area contributed by atoms with Crippen LogP contribution in [0.4, 0.5) is 9.18 Å². The van der Waals surface area contributed by atoms with Crippen molar-refractivity contribution < 1.29 is 23.8 Å². The molecule has 1 aliphatic rings. The van der Waals surface area contributed by atoms with Crippen LogP contribution in [0.1, 0.15) is 39.4 Å². The first-order chi connectivity index (χ1) is 15.5. The smallest absolute Gasteiger partial charge is 0.407 e. The molecule has 2 N–H and O–H groups in total. The van der Waals surface area contributed by atoms with E-state index in [-0.39, 0.29) is 19.1 Å². The number of carbonyl (C=O) groups is 2. The topological polar surface area (TPSA) is 75.6 Å². The van der Waals surface area contributed by atoms with Crippen LogP contribution in [0.5, 0.6) is 0 Å². The summed E-state index contributed by atoms with van der Waals surface area (Å²) >= 11 is 0. The molecule has 1 amide bonds. The number of fused-ring (bicyclic) bond motifs is 3. The molecule has 5 nitrogen and oxygen atoms in total. The molecule has 6 heteroatoms. The summed E-state index contributed by atoms with van der Waals surface area (Å²) in [6, 6.07) is 19.9. The number of carbonyl (C=O) groups excluding carboxylic acids is 1. The highest BCUT2D eigenvalue weighted by Gasteiger charge is 2.28. The normalized spacial score (nSPS) is 11.7. The molecule has 0 saturated carbocycles. The van der Waals surface area contributed by atoms with Crippen molar-refractivity contribution in [1.29, 1.82) is 0 Å². The number of alkyl carbamates (subject to hydrolysis) is 1. The van der Waals surface area contributed by atoms with Crippen LogP contribution < -0.4 is 5.32 Å². The molecule has 32 heavy (non-hydrogen) atoms. The lowest BCUT2D eigenvalue weighted by molar-refractivity contribution is 0.0691. The fourth-order valence-corrected chi connectivity index (χ4v) is 3.81. The van der Waals surface area contributed by atoms with Gasteiger partial charge in [-0.3, -0.25) is 0 Å². The number of aromatic carboxylic acids is 1. The van der Waals surface area contributed by atoms with Crippen LogP contribution in [0.25, 0.3) is 11.1 Å². The summed E-state index contributed by atoms with van der Waals surface area (Å²) in [6.07, 6.45) is -0.187. The first-order valence-corrected chi connectivity index (χ1v) is 10.1. The number of carboxylic acids is 1. The average molecular weight is 429 g/mol. The Morgan fingerprint density at radius 1 is 1.00 bits per heavy atom. The highest BCUT2D eigenvalue weighted by molar-refractivity contribution is 5.88. The molecule has 0 bridgehead atoms. The van der Waals surface area contributed by atoms with Crippen molar-refractivity contribution >= 4 is 12.1 Å². The maximum Gasteiger partial charge on any atom is 0.407 e. The molecule has 0 saturated heterocycles. The Hall–Kier alpha value is -4.11. The Morgan fingerprint density at radius 2 is 1.66 bits per heavy atom. The molecular weight excluding hydrogens is 409 g/mol. The van der Waals surface area contributed by atoms with Crippen molar-refractivity contribution in [3.05, 3.63) is 94.8 Å². The Balaban J connectivity index is 1.29. The first kappa shape index (κ1) is 21.1. The van der Waals surface area contributed by atoms with Gasteiger partial charge in [-0.15, -0.1) is 0 Å². The van der Waals surface area contributed by atoms with Gasteiger partial charge in [0, 0.05) is 24.4 Å². The Bertz CT molecular complexity index is 1200. The minimum Gasteiger partial charge on any atom is -0.478 e.